The summed E-state index contributed by atoms with van der Waals surface area (Å²) in [5.74, 6) is 0.788. The molecular weight excluding hydrogens is 348 g/mol. The average molecular weight is 372 g/mol. The van der Waals surface area contributed by atoms with Crippen LogP contribution in [0, 0.1) is 0 Å². The topological polar surface area (TPSA) is 41.6 Å². The van der Waals surface area contributed by atoms with Crippen LogP contribution >= 0.6 is 0 Å². The molecular formula is C24H24N2O2. The van der Waals surface area contributed by atoms with Crippen molar-refractivity contribution in [2.24, 2.45) is 0 Å². The van der Waals surface area contributed by atoms with Gasteiger partial charge in [-0.25, -0.2) is 0 Å². The minimum atomic E-state index is -0.272. The van der Waals surface area contributed by atoms with E-state index in [2.05, 4.69) is 36.5 Å². The number of rotatable bonds is 5. The monoisotopic (exact) mass is 372 g/mol. The first kappa shape index (κ1) is 18.1. The molecule has 0 saturated heterocycles. The number of benzene rings is 3. The van der Waals surface area contributed by atoms with Gasteiger partial charge in [0.1, 0.15) is 11.9 Å². The summed E-state index contributed by atoms with van der Waals surface area (Å²) in [5, 5.41) is 3.54. The van der Waals surface area contributed by atoms with Gasteiger partial charge in [0.15, 0.2) is 0 Å². The Labute approximate surface area is 165 Å². The Hall–Kier alpha value is -3.27. The van der Waals surface area contributed by atoms with Crippen LogP contribution in [-0.2, 0) is 6.42 Å². The summed E-state index contributed by atoms with van der Waals surface area (Å²) in [7, 11) is 0. The second kappa shape index (κ2) is 7.77. The molecule has 0 saturated carbocycles. The minimum absolute atomic E-state index is 0.0110. The Morgan fingerprint density at radius 1 is 0.929 bits per heavy atom. The minimum Gasteiger partial charge on any atom is -0.494 e. The van der Waals surface area contributed by atoms with E-state index < -0.39 is 0 Å². The number of carbonyl (C=O) groups is 1. The zero-order valence-electron chi connectivity index (χ0n) is 16.2. The summed E-state index contributed by atoms with van der Waals surface area (Å²) in [6, 6.07) is 23.8. The van der Waals surface area contributed by atoms with Crippen LogP contribution in [0.4, 0.5) is 11.4 Å². The predicted molar refractivity (Wildman–Crippen MR) is 113 cm³/mol. The summed E-state index contributed by atoms with van der Waals surface area (Å²) in [4.78, 5) is 15.2. The fourth-order valence-electron chi connectivity index (χ4n) is 3.56. The second-order valence-electron chi connectivity index (χ2n) is 6.79. The van der Waals surface area contributed by atoms with Crippen molar-refractivity contribution in [1.82, 2.24) is 0 Å². The standard InChI is InChI=1S/C24H24N2O2/c1-3-17-9-11-18(12-10-17)23-25-22-8-6-5-7-21(22)24(27)26(23)19-13-15-20(16-14-19)28-4-2/h5-16,23,25H,3-4H2,1-2H3/t23-/m1/s1. The van der Waals surface area contributed by atoms with Crippen LogP contribution in [0.2, 0.25) is 0 Å². The highest BCUT2D eigenvalue weighted by molar-refractivity contribution is 6.12. The number of ether oxygens (including phenoxy) is 1. The fraction of sp³-hybridized carbons (Fsp3) is 0.208. The third-order valence-corrected chi connectivity index (χ3v) is 5.06. The van der Waals surface area contributed by atoms with E-state index in [9.17, 15) is 4.79 Å². The van der Waals surface area contributed by atoms with E-state index in [1.807, 2.05) is 60.4 Å². The lowest BCUT2D eigenvalue weighted by atomic mass is 10.0. The first-order valence-corrected chi connectivity index (χ1v) is 9.72. The summed E-state index contributed by atoms with van der Waals surface area (Å²) in [5.41, 5.74) is 4.70. The molecule has 3 aromatic rings. The molecule has 1 heterocycles. The van der Waals surface area contributed by atoms with E-state index in [-0.39, 0.29) is 12.1 Å². The average Bonchev–Trinajstić information content (AvgIpc) is 2.75. The quantitative estimate of drug-likeness (QED) is 0.650. The number of aryl methyl sites for hydroxylation is 1. The highest BCUT2D eigenvalue weighted by Crippen LogP contribution is 2.37. The van der Waals surface area contributed by atoms with Crippen LogP contribution in [0.25, 0.3) is 0 Å². The number of hydrogen-bond acceptors (Lipinski definition) is 3. The molecule has 1 N–H and O–H groups in total. The van der Waals surface area contributed by atoms with Gasteiger partial charge in [0.2, 0.25) is 0 Å². The Bertz CT molecular complexity index is 965. The van der Waals surface area contributed by atoms with Crippen molar-refractivity contribution in [2.45, 2.75) is 26.4 Å². The van der Waals surface area contributed by atoms with Crippen LogP contribution in [0.15, 0.2) is 72.8 Å². The lowest BCUT2D eigenvalue weighted by Crippen LogP contribution is -2.43. The molecule has 0 bridgehead atoms. The second-order valence-corrected chi connectivity index (χ2v) is 6.79. The van der Waals surface area contributed by atoms with Gasteiger partial charge in [0, 0.05) is 11.4 Å². The molecule has 1 amide bonds. The zero-order chi connectivity index (χ0) is 19.5. The van der Waals surface area contributed by atoms with E-state index in [1.165, 1.54) is 5.56 Å². The van der Waals surface area contributed by atoms with Gasteiger partial charge in [-0.15, -0.1) is 0 Å². The summed E-state index contributed by atoms with van der Waals surface area (Å²) in [6.45, 7) is 4.71. The van der Waals surface area contributed by atoms with Gasteiger partial charge in [-0.1, -0.05) is 43.3 Å². The smallest absolute Gasteiger partial charge is 0.262 e. The van der Waals surface area contributed by atoms with E-state index >= 15 is 0 Å². The van der Waals surface area contributed by atoms with Crippen molar-refractivity contribution >= 4 is 17.3 Å². The van der Waals surface area contributed by atoms with Gasteiger partial charge in [0.25, 0.3) is 5.91 Å². The van der Waals surface area contributed by atoms with Crippen molar-refractivity contribution in [1.29, 1.82) is 0 Å². The molecule has 0 aromatic heterocycles. The molecule has 4 heteroatoms. The maximum atomic E-state index is 13.4. The zero-order valence-corrected chi connectivity index (χ0v) is 16.2. The molecule has 142 valence electrons. The number of anilines is 2. The molecule has 0 unspecified atom stereocenters. The van der Waals surface area contributed by atoms with Crippen LogP contribution in [-0.4, -0.2) is 12.5 Å². The molecule has 0 spiro atoms. The van der Waals surface area contributed by atoms with E-state index in [0.717, 1.165) is 29.1 Å². The van der Waals surface area contributed by atoms with Gasteiger partial charge in [0.05, 0.1) is 12.2 Å². The predicted octanol–water partition coefficient (Wildman–Crippen LogP) is 5.42. The van der Waals surface area contributed by atoms with Crippen LogP contribution < -0.4 is 15.0 Å². The number of amides is 1. The Morgan fingerprint density at radius 2 is 1.64 bits per heavy atom. The number of para-hydroxylation sites is 1. The molecule has 1 aliphatic rings. The largest absolute Gasteiger partial charge is 0.494 e. The number of hydrogen-bond donors (Lipinski definition) is 1. The van der Waals surface area contributed by atoms with Crippen molar-refractivity contribution < 1.29 is 9.53 Å². The van der Waals surface area contributed by atoms with Crippen LogP contribution in [0.5, 0.6) is 5.75 Å². The van der Waals surface area contributed by atoms with Crippen LogP contribution in [0.3, 0.4) is 0 Å². The molecule has 4 nitrogen and oxygen atoms in total. The van der Waals surface area contributed by atoms with Gasteiger partial charge < -0.3 is 10.1 Å². The molecule has 28 heavy (non-hydrogen) atoms. The Balaban J connectivity index is 1.77. The van der Waals surface area contributed by atoms with Gasteiger partial charge in [-0.05, 0) is 60.9 Å². The first-order valence-electron chi connectivity index (χ1n) is 9.72. The Morgan fingerprint density at radius 3 is 2.32 bits per heavy atom. The molecule has 0 fully saturated rings. The molecule has 1 aliphatic heterocycles. The first-order chi connectivity index (χ1) is 13.7. The normalized spacial score (nSPS) is 15.7. The van der Waals surface area contributed by atoms with E-state index in [1.54, 1.807) is 0 Å². The molecule has 1 atom stereocenters. The third kappa shape index (κ3) is 3.33. The number of carbonyl (C=O) groups excluding carboxylic acids is 1. The maximum absolute atomic E-state index is 13.4. The highest BCUT2D eigenvalue weighted by atomic mass is 16.5. The number of fused-ring (bicyclic) bond motifs is 1. The molecule has 4 rings (SSSR count). The van der Waals surface area contributed by atoms with E-state index in [4.69, 9.17) is 4.74 Å². The SMILES string of the molecule is CCOc1ccc(N2C(=O)c3ccccc3N[C@H]2c2ccc(CC)cc2)cc1. The molecule has 0 aliphatic carbocycles. The van der Waals surface area contributed by atoms with Gasteiger partial charge >= 0.3 is 0 Å². The number of nitrogens with zero attached hydrogens (tertiary/aromatic N) is 1. The third-order valence-electron chi connectivity index (χ3n) is 5.06. The Kier molecular flexibility index (Phi) is 5.02. The summed E-state index contributed by atoms with van der Waals surface area (Å²) in [6.07, 6.45) is 0.717. The molecule has 3 aromatic carbocycles. The lowest BCUT2D eigenvalue weighted by Gasteiger charge is -2.38. The van der Waals surface area contributed by atoms with Crippen molar-refractivity contribution in [3.63, 3.8) is 0 Å². The van der Waals surface area contributed by atoms with E-state index in [0.29, 0.717) is 12.2 Å². The summed E-state index contributed by atoms with van der Waals surface area (Å²) >= 11 is 0. The van der Waals surface area contributed by atoms with Crippen molar-refractivity contribution in [3.05, 3.63) is 89.5 Å². The van der Waals surface area contributed by atoms with Gasteiger partial charge in [-0.2, -0.15) is 0 Å². The fourth-order valence-corrected chi connectivity index (χ4v) is 3.56. The lowest BCUT2D eigenvalue weighted by molar-refractivity contribution is 0.0975. The van der Waals surface area contributed by atoms with Gasteiger partial charge in [-0.3, -0.25) is 9.69 Å². The number of nitrogens with one attached hydrogen (secondary N) is 1. The maximum Gasteiger partial charge on any atom is 0.262 e. The van der Waals surface area contributed by atoms with Crippen molar-refractivity contribution in [3.8, 4) is 5.75 Å². The molecule has 0 radical (unpaired) electrons. The summed E-state index contributed by atoms with van der Waals surface area (Å²) < 4.78 is 5.55. The van der Waals surface area contributed by atoms with Crippen molar-refractivity contribution in [2.75, 3.05) is 16.8 Å². The van der Waals surface area contributed by atoms with Crippen LogP contribution in [0.1, 0.15) is 41.5 Å². The highest BCUT2D eigenvalue weighted by Gasteiger charge is 2.33.